The van der Waals surface area contributed by atoms with Gasteiger partial charge in [-0.2, -0.15) is 0 Å². The first kappa shape index (κ1) is 19.8. The van der Waals surface area contributed by atoms with Crippen molar-refractivity contribution in [2.24, 2.45) is 0 Å². The average molecular weight is 389 g/mol. The molecule has 1 aromatic rings. The Kier molecular flexibility index (Phi) is 8.19. The fourth-order valence-corrected chi connectivity index (χ4v) is 4.40. The Labute approximate surface area is 144 Å². The minimum atomic E-state index is -3.69. The van der Waals surface area contributed by atoms with Gasteiger partial charge in [0.05, 0.1) is 13.2 Å². The maximum Gasteiger partial charge on any atom is 0.355 e. The molecule has 1 N–H and O–H groups in total. The van der Waals surface area contributed by atoms with Crippen molar-refractivity contribution in [3.63, 3.8) is 0 Å². The van der Waals surface area contributed by atoms with Gasteiger partial charge in [0.1, 0.15) is 4.84 Å². The van der Waals surface area contributed by atoms with Gasteiger partial charge in [0.2, 0.25) is 0 Å². The minimum absolute atomic E-state index is 0.130. The summed E-state index contributed by atoms with van der Waals surface area (Å²) >= 11 is 17.5. The third kappa shape index (κ3) is 5.41. The molecule has 1 rings (SSSR count). The van der Waals surface area contributed by atoms with E-state index in [2.05, 4.69) is 5.32 Å². The second-order valence-corrected chi connectivity index (χ2v) is 7.89. The van der Waals surface area contributed by atoms with Crippen LogP contribution in [0.1, 0.15) is 24.2 Å². The molecular formula is C13H17Cl3NO4P. The van der Waals surface area contributed by atoms with Crippen LogP contribution >= 0.6 is 42.4 Å². The SMILES string of the molecule is CCOP(=O)(OCC)C(NC(=O)c1ccc(Cl)cc1)C(Cl)Cl. The maximum atomic E-state index is 12.7. The van der Waals surface area contributed by atoms with Crippen LogP contribution in [-0.2, 0) is 13.6 Å². The Morgan fingerprint density at radius 2 is 1.68 bits per heavy atom. The van der Waals surface area contributed by atoms with Crippen LogP contribution in [0.5, 0.6) is 0 Å². The molecule has 0 spiro atoms. The Bertz CT molecular complexity index is 529. The molecule has 1 atom stereocenters. The fraction of sp³-hybridized carbons (Fsp3) is 0.462. The second-order valence-electron chi connectivity index (χ2n) is 4.14. The van der Waals surface area contributed by atoms with Crippen LogP contribution in [0.4, 0.5) is 0 Å². The van der Waals surface area contributed by atoms with E-state index in [9.17, 15) is 9.36 Å². The molecule has 0 aliphatic rings. The van der Waals surface area contributed by atoms with Crippen LogP contribution in [0.25, 0.3) is 0 Å². The lowest BCUT2D eigenvalue weighted by atomic mass is 10.2. The highest BCUT2D eigenvalue weighted by Gasteiger charge is 2.41. The predicted octanol–water partition coefficient (Wildman–Crippen LogP) is 4.47. The van der Waals surface area contributed by atoms with Gasteiger partial charge in [0, 0.05) is 10.6 Å². The first-order valence-electron chi connectivity index (χ1n) is 6.57. The third-order valence-corrected chi connectivity index (χ3v) is 6.03. The maximum absolute atomic E-state index is 12.7. The quantitative estimate of drug-likeness (QED) is 0.527. The van der Waals surface area contributed by atoms with Crippen molar-refractivity contribution in [3.05, 3.63) is 34.9 Å². The molecule has 1 unspecified atom stereocenters. The number of halogens is 3. The lowest BCUT2D eigenvalue weighted by Gasteiger charge is -2.27. The van der Waals surface area contributed by atoms with Crippen LogP contribution in [0.3, 0.4) is 0 Å². The molecule has 0 bridgehead atoms. The molecule has 0 heterocycles. The van der Waals surface area contributed by atoms with Gasteiger partial charge >= 0.3 is 7.60 Å². The van der Waals surface area contributed by atoms with Gasteiger partial charge in [-0.1, -0.05) is 11.6 Å². The van der Waals surface area contributed by atoms with Crippen molar-refractivity contribution < 1.29 is 18.4 Å². The molecule has 0 aromatic heterocycles. The highest BCUT2D eigenvalue weighted by Crippen LogP contribution is 2.54. The van der Waals surface area contributed by atoms with Crippen LogP contribution in [0.15, 0.2) is 24.3 Å². The molecule has 0 radical (unpaired) electrons. The van der Waals surface area contributed by atoms with Gasteiger partial charge in [-0.3, -0.25) is 9.36 Å². The number of nitrogens with one attached hydrogen (secondary N) is 1. The minimum Gasteiger partial charge on any atom is -0.336 e. The van der Waals surface area contributed by atoms with E-state index in [1.165, 1.54) is 12.1 Å². The zero-order chi connectivity index (χ0) is 16.8. The lowest BCUT2D eigenvalue weighted by molar-refractivity contribution is 0.0939. The molecule has 9 heteroatoms. The summed E-state index contributed by atoms with van der Waals surface area (Å²) < 4.78 is 23.1. The van der Waals surface area contributed by atoms with Crippen molar-refractivity contribution >= 4 is 48.3 Å². The molecule has 22 heavy (non-hydrogen) atoms. The van der Waals surface area contributed by atoms with Gasteiger partial charge in [-0.25, -0.2) is 0 Å². The highest BCUT2D eigenvalue weighted by molar-refractivity contribution is 7.55. The van der Waals surface area contributed by atoms with Gasteiger partial charge in [-0.05, 0) is 38.1 Å². The van der Waals surface area contributed by atoms with Gasteiger partial charge in [-0.15, -0.1) is 23.2 Å². The summed E-state index contributed by atoms with van der Waals surface area (Å²) in [5.74, 6) is -1.69. The monoisotopic (exact) mass is 387 g/mol. The Hall–Kier alpha value is -0.290. The molecule has 0 fully saturated rings. The van der Waals surface area contributed by atoms with E-state index in [4.69, 9.17) is 43.9 Å². The molecule has 1 aromatic carbocycles. The molecule has 0 saturated carbocycles. The Morgan fingerprint density at radius 1 is 1.18 bits per heavy atom. The first-order valence-corrected chi connectivity index (χ1v) is 9.43. The summed E-state index contributed by atoms with van der Waals surface area (Å²) in [5.41, 5.74) is 0.322. The topological polar surface area (TPSA) is 64.6 Å². The highest BCUT2D eigenvalue weighted by atomic mass is 35.5. The fourth-order valence-electron chi connectivity index (χ4n) is 1.66. The van der Waals surface area contributed by atoms with E-state index >= 15 is 0 Å². The van der Waals surface area contributed by atoms with Gasteiger partial charge in [0.25, 0.3) is 5.91 Å². The van der Waals surface area contributed by atoms with Crippen molar-refractivity contribution in [2.45, 2.75) is 24.5 Å². The van der Waals surface area contributed by atoms with Crippen LogP contribution in [0, 0.1) is 0 Å². The van der Waals surface area contributed by atoms with Crippen molar-refractivity contribution in [2.75, 3.05) is 13.2 Å². The number of carbonyl (C=O) groups is 1. The Morgan fingerprint density at radius 3 is 2.09 bits per heavy atom. The summed E-state index contributed by atoms with van der Waals surface area (Å²) in [6.07, 6.45) is 0. The number of benzene rings is 1. The Balaban J connectivity index is 2.98. The van der Waals surface area contributed by atoms with Crippen molar-refractivity contribution in [1.82, 2.24) is 5.32 Å². The predicted molar refractivity (Wildman–Crippen MR) is 89.1 cm³/mol. The summed E-state index contributed by atoms with van der Waals surface area (Å²) in [7, 11) is -3.69. The van der Waals surface area contributed by atoms with Crippen LogP contribution in [-0.4, -0.2) is 29.7 Å². The van der Waals surface area contributed by atoms with Crippen molar-refractivity contribution in [1.29, 1.82) is 0 Å². The van der Waals surface area contributed by atoms with Crippen LogP contribution in [0.2, 0.25) is 5.02 Å². The summed E-state index contributed by atoms with van der Waals surface area (Å²) in [6, 6.07) is 6.18. The third-order valence-electron chi connectivity index (χ3n) is 2.58. The van der Waals surface area contributed by atoms with E-state index in [-0.39, 0.29) is 13.2 Å². The van der Waals surface area contributed by atoms with E-state index < -0.39 is 24.1 Å². The van der Waals surface area contributed by atoms with Crippen molar-refractivity contribution in [3.8, 4) is 0 Å². The number of hydrogen-bond acceptors (Lipinski definition) is 4. The molecule has 0 aliphatic carbocycles. The zero-order valence-electron chi connectivity index (χ0n) is 12.1. The van der Waals surface area contributed by atoms with E-state index in [0.29, 0.717) is 10.6 Å². The lowest BCUT2D eigenvalue weighted by Crippen LogP contribution is -2.40. The molecule has 0 saturated heterocycles. The second kappa shape index (κ2) is 9.11. The largest absolute Gasteiger partial charge is 0.355 e. The van der Waals surface area contributed by atoms with E-state index in [1.54, 1.807) is 26.0 Å². The summed E-state index contributed by atoms with van der Waals surface area (Å²) in [6.45, 7) is 3.57. The van der Waals surface area contributed by atoms with Gasteiger partial charge in [0.15, 0.2) is 5.78 Å². The first-order chi connectivity index (χ1) is 10.3. The number of carbonyl (C=O) groups excluding carboxylic acids is 1. The van der Waals surface area contributed by atoms with Gasteiger partial charge < -0.3 is 14.4 Å². The zero-order valence-corrected chi connectivity index (χ0v) is 15.3. The standard InChI is InChI=1S/C13H17Cl3NO4P/c1-3-20-22(19,21-4-2)13(11(15)16)17-12(18)9-5-7-10(14)8-6-9/h5-8,11,13H,3-4H2,1-2H3,(H,17,18). The van der Waals surface area contributed by atoms with E-state index in [1.807, 2.05) is 0 Å². The number of amides is 1. The normalized spacial score (nSPS) is 13.2. The molecule has 5 nitrogen and oxygen atoms in total. The number of alkyl halides is 2. The smallest absolute Gasteiger partial charge is 0.336 e. The molecule has 0 aliphatic heterocycles. The van der Waals surface area contributed by atoms with E-state index in [0.717, 1.165) is 0 Å². The molecule has 124 valence electrons. The summed E-state index contributed by atoms with van der Waals surface area (Å²) in [5, 5.41) is 3.00. The average Bonchev–Trinajstić information content (AvgIpc) is 2.45. The molecule has 1 amide bonds. The number of hydrogen-bond donors (Lipinski definition) is 1. The summed E-state index contributed by atoms with van der Waals surface area (Å²) in [4.78, 5) is 11.1. The molecular weight excluding hydrogens is 371 g/mol. The number of rotatable bonds is 8. The van der Waals surface area contributed by atoms with Crippen LogP contribution < -0.4 is 5.32 Å².